The maximum Gasteiger partial charge on any atom is 0.350 e. The number of aryl methyl sites for hydroxylation is 1. The van der Waals surface area contributed by atoms with E-state index in [1.165, 1.54) is 29.9 Å². The number of rotatable bonds is 10. The normalized spacial score (nSPS) is 18.8. The van der Waals surface area contributed by atoms with Gasteiger partial charge in [0.1, 0.15) is 17.9 Å². The van der Waals surface area contributed by atoms with E-state index in [-0.39, 0.29) is 53.1 Å². The van der Waals surface area contributed by atoms with Crippen molar-refractivity contribution < 1.29 is 52.0 Å². The average Bonchev–Trinajstić information content (AvgIpc) is 3.10. The summed E-state index contributed by atoms with van der Waals surface area (Å²) >= 11 is 0. The number of phenols is 2. The number of carbonyl (C=O) groups is 2. The van der Waals surface area contributed by atoms with Gasteiger partial charge in [-0.15, -0.1) is 0 Å². The zero-order chi connectivity index (χ0) is 42.3. The minimum atomic E-state index is -1.31. The fourth-order valence-corrected chi connectivity index (χ4v) is 7.94. The molecule has 2 aromatic rings. The van der Waals surface area contributed by atoms with Crippen molar-refractivity contribution in [2.45, 2.75) is 156 Å². The summed E-state index contributed by atoms with van der Waals surface area (Å²) in [5, 5.41) is 38.4. The summed E-state index contributed by atoms with van der Waals surface area (Å²) in [5.41, 5.74) is 5.68. The predicted octanol–water partition coefficient (Wildman–Crippen LogP) is 8.36. The smallest absolute Gasteiger partial charge is 0.350 e. The Morgan fingerprint density at radius 2 is 1.25 bits per heavy atom. The van der Waals surface area contributed by atoms with Crippen LogP contribution in [0.2, 0.25) is 0 Å². The van der Waals surface area contributed by atoms with Crippen molar-refractivity contribution in [2.75, 3.05) is 39.8 Å². The van der Waals surface area contributed by atoms with Crippen molar-refractivity contribution in [3.05, 3.63) is 57.6 Å². The first-order valence-electron chi connectivity index (χ1n) is 20.9. The van der Waals surface area contributed by atoms with Crippen LogP contribution in [-0.4, -0.2) is 117 Å². The molecule has 328 valence electrons. The Morgan fingerprint density at radius 3 is 1.75 bits per heavy atom. The van der Waals surface area contributed by atoms with Gasteiger partial charge >= 0.3 is 17.9 Å². The molecular weight excluding hydrogens is 783 g/mol. The Hall–Kier alpha value is -3.88. The van der Waals surface area contributed by atoms with Crippen LogP contribution in [0.25, 0.3) is 0 Å². The first-order valence-corrected chi connectivity index (χ1v) is 20.9. The number of aliphatic imine (C=N–C) groups is 2. The summed E-state index contributed by atoms with van der Waals surface area (Å²) in [7, 11) is 2.23. The van der Waals surface area contributed by atoms with Crippen LogP contribution < -0.4 is 0 Å². The maximum absolute atomic E-state index is 11.6. The largest absolute Gasteiger partial charge is 0.507 e. The third kappa shape index (κ3) is 14.4. The summed E-state index contributed by atoms with van der Waals surface area (Å²) in [6.07, 6.45) is 11.4. The molecule has 2 aromatic carbocycles. The number of carboxylic acid groups (broad SMARTS) is 2. The van der Waals surface area contributed by atoms with Gasteiger partial charge in [-0.3, -0.25) is 33.9 Å². The van der Waals surface area contributed by atoms with Crippen LogP contribution in [-0.2, 0) is 49.6 Å². The maximum atomic E-state index is 11.6. The van der Waals surface area contributed by atoms with Gasteiger partial charge in [-0.1, -0.05) is 94.7 Å². The number of nitrogens with zero attached hydrogens (tertiary/aromatic N) is 5. The van der Waals surface area contributed by atoms with Crippen molar-refractivity contribution in [2.24, 2.45) is 9.98 Å². The van der Waals surface area contributed by atoms with Crippen molar-refractivity contribution in [3.63, 3.8) is 0 Å². The Bertz CT molecular complexity index is 1820. The molecule has 1 aliphatic carbocycles. The van der Waals surface area contributed by atoms with Crippen LogP contribution in [0.3, 0.4) is 0 Å². The van der Waals surface area contributed by atoms with Gasteiger partial charge in [0.15, 0.2) is 0 Å². The second kappa shape index (κ2) is 21.6. The molecule has 5 rings (SSSR count). The zero-order valence-electron chi connectivity index (χ0n) is 36.8. The molecule has 2 unspecified atom stereocenters. The topological polar surface area (TPSA) is 149 Å². The first kappa shape index (κ1) is 51.3. The van der Waals surface area contributed by atoms with Crippen LogP contribution in [0.5, 0.6) is 11.5 Å². The van der Waals surface area contributed by atoms with Crippen LogP contribution in [0.1, 0.15) is 154 Å². The van der Waals surface area contributed by atoms with Gasteiger partial charge in [-0.05, 0) is 70.8 Å². The van der Waals surface area contributed by atoms with E-state index in [0.29, 0.717) is 11.5 Å². The predicted molar refractivity (Wildman–Crippen MR) is 237 cm³/mol. The molecule has 0 amide bonds. The number of carboxylic acids is 2. The van der Waals surface area contributed by atoms with E-state index >= 15 is 0 Å². The molecule has 11 nitrogen and oxygen atoms in total. The van der Waals surface area contributed by atoms with Gasteiger partial charge in [0.2, 0.25) is 0 Å². The Labute approximate surface area is 365 Å². The Balaban J connectivity index is 0.00000122. The summed E-state index contributed by atoms with van der Waals surface area (Å²) in [5.74, 6) is -0.554. The number of benzene rings is 2. The van der Waals surface area contributed by atoms with E-state index in [2.05, 4.69) is 108 Å². The summed E-state index contributed by atoms with van der Waals surface area (Å²) in [6.45, 7) is 25.3. The minimum Gasteiger partial charge on any atom is -0.507 e. The van der Waals surface area contributed by atoms with Crippen LogP contribution in [0.4, 0.5) is 0 Å². The quantitative estimate of drug-likeness (QED) is 0.106. The van der Waals surface area contributed by atoms with Gasteiger partial charge in [0, 0.05) is 59.3 Å². The molecule has 12 heteroatoms. The van der Waals surface area contributed by atoms with E-state index < -0.39 is 18.4 Å². The van der Waals surface area contributed by atoms with Crippen molar-refractivity contribution >= 4 is 30.3 Å². The number of aromatic hydroxyl groups is 2. The third-order valence-corrected chi connectivity index (χ3v) is 11.3. The average molecular weight is 857 g/mol. The monoisotopic (exact) mass is 857 g/mol. The standard InChI is InChI=1S/C43H65N5O2.C3H4O4.CH4.Cr/c1-41(2,3)33-24-30(16-13-20-47-22-15-23-48-21-14-19-46(10)40(47)48)38(49)31(25-33)28-44-36-17-11-12-18-37(36)45-29-32-26-34(42(4,5)6)27-35(39(32)50)43(7,8)9;4-2(5)1-3(6)7;;/h24-29,36-37H,11-23H2,1-10H3,(H-,44,45,49,50);1H2,(H,4,5)(H,6,7);1H4;/p+1. The number of phenolic OH excluding ortho intramolecular Hbond substituents is 2. The number of fused-ring (bicyclic) bond motifs is 1. The van der Waals surface area contributed by atoms with Gasteiger partial charge in [-0.25, -0.2) is 0 Å². The molecular formula is C47H74CrN5O6+. The number of hydrogen-bond acceptors (Lipinski definition) is 8. The zero-order valence-corrected chi connectivity index (χ0v) is 38.0. The number of guanidine groups is 1. The Kier molecular flexibility index (Phi) is 18.8. The van der Waals surface area contributed by atoms with E-state index in [1.807, 2.05) is 12.4 Å². The minimum absolute atomic E-state index is 0. The number of hydrogen-bond donors (Lipinski definition) is 4. The summed E-state index contributed by atoms with van der Waals surface area (Å²) < 4.78 is 2.42. The van der Waals surface area contributed by atoms with Crippen LogP contribution >= 0.6 is 0 Å². The molecule has 2 fully saturated rings. The molecule has 1 saturated heterocycles. The van der Waals surface area contributed by atoms with Gasteiger partial charge in [-0.2, -0.15) is 0 Å². The molecule has 59 heavy (non-hydrogen) atoms. The van der Waals surface area contributed by atoms with Gasteiger partial charge in [0.25, 0.3) is 0 Å². The van der Waals surface area contributed by atoms with Gasteiger partial charge in [0.05, 0.1) is 51.9 Å². The molecule has 4 N–H and O–H groups in total. The summed E-state index contributed by atoms with van der Waals surface area (Å²) in [4.78, 5) is 34.2. The van der Waals surface area contributed by atoms with Gasteiger partial charge < -0.3 is 20.4 Å². The first-order chi connectivity index (χ1) is 26.6. The van der Waals surface area contributed by atoms with Crippen molar-refractivity contribution in [3.8, 4) is 11.5 Å². The molecule has 2 heterocycles. The molecule has 0 spiro atoms. The molecule has 0 aromatic heterocycles. The third-order valence-electron chi connectivity index (χ3n) is 11.3. The molecule has 2 atom stereocenters. The van der Waals surface area contributed by atoms with Crippen molar-refractivity contribution in [1.82, 2.24) is 9.80 Å². The SMILES string of the molecule is C.C[N+]1=C2N(CCCc3cc(C(C)(C)C)cc(C=NC4CCCCC4N=Cc4cc(C(C)(C)C)cc(C(C)(C)C)c4O)c3O)CCCN2CCC1.O=C(O)CC(=O)O.[Cr]. The van der Waals surface area contributed by atoms with E-state index in [1.54, 1.807) is 0 Å². The number of aliphatic carboxylic acids is 2. The second-order valence-electron chi connectivity index (χ2n) is 19.2. The van der Waals surface area contributed by atoms with E-state index in [4.69, 9.17) is 20.2 Å². The van der Waals surface area contributed by atoms with Crippen molar-refractivity contribution in [1.29, 1.82) is 0 Å². The molecule has 1 saturated carbocycles. The van der Waals surface area contributed by atoms with E-state index in [0.717, 1.165) is 93.5 Å². The fraction of sp³-hybridized carbons (Fsp3) is 0.638. The van der Waals surface area contributed by atoms with E-state index in [9.17, 15) is 19.8 Å². The fourth-order valence-electron chi connectivity index (χ4n) is 7.94. The Morgan fingerprint density at radius 1 is 0.746 bits per heavy atom. The van der Waals surface area contributed by atoms with Crippen LogP contribution in [0, 0.1) is 0 Å². The molecule has 0 bridgehead atoms. The van der Waals surface area contributed by atoms with Crippen LogP contribution in [0.15, 0.2) is 34.3 Å². The summed E-state index contributed by atoms with van der Waals surface area (Å²) in [6, 6.07) is 8.66. The second-order valence-corrected chi connectivity index (χ2v) is 19.2. The molecule has 0 radical (unpaired) electrons. The molecule has 2 aliphatic heterocycles. The molecule has 3 aliphatic rings.